The Morgan fingerprint density at radius 1 is 1.33 bits per heavy atom. The maximum absolute atomic E-state index is 13.6. The van der Waals surface area contributed by atoms with E-state index in [-0.39, 0.29) is 17.8 Å². The third kappa shape index (κ3) is 3.39. The summed E-state index contributed by atoms with van der Waals surface area (Å²) in [6.45, 7) is 0.511. The van der Waals surface area contributed by atoms with E-state index < -0.39 is 11.6 Å². The molecule has 1 saturated carbocycles. The average Bonchev–Trinajstić information content (AvgIpc) is 3.16. The topological polar surface area (TPSA) is 32.3 Å². The molecule has 3 nitrogen and oxygen atoms in total. The van der Waals surface area contributed by atoms with Gasteiger partial charge in [-0.15, -0.1) is 11.3 Å². The fourth-order valence-corrected chi connectivity index (χ4v) is 2.80. The molecule has 0 atom stereocenters. The van der Waals surface area contributed by atoms with E-state index in [1.807, 2.05) is 17.5 Å². The van der Waals surface area contributed by atoms with Crippen LogP contribution < -0.4 is 5.32 Å². The van der Waals surface area contributed by atoms with Gasteiger partial charge in [-0.2, -0.15) is 0 Å². The van der Waals surface area contributed by atoms with Crippen molar-refractivity contribution in [1.29, 1.82) is 0 Å². The quantitative estimate of drug-likeness (QED) is 0.901. The molecule has 0 radical (unpaired) electrons. The van der Waals surface area contributed by atoms with Gasteiger partial charge in [0.05, 0.1) is 12.2 Å². The maximum Gasteiger partial charge on any atom is 0.322 e. The summed E-state index contributed by atoms with van der Waals surface area (Å²) >= 11 is 1.58. The van der Waals surface area contributed by atoms with Crippen LogP contribution in [-0.2, 0) is 6.54 Å². The van der Waals surface area contributed by atoms with Crippen LogP contribution in [0.25, 0.3) is 0 Å². The monoisotopic (exact) mass is 308 g/mol. The molecule has 2 amide bonds. The second-order valence-electron chi connectivity index (χ2n) is 4.99. The van der Waals surface area contributed by atoms with E-state index in [4.69, 9.17) is 0 Å². The Morgan fingerprint density at radius 3 is 2.76 bits per heavy atom. The first-order chi connectivity index (χ1) is 10.1. The molecule has 110 valence electrons. The van der Waals surface area contributed by atoms with Gasteiger partial charge in [-0.25, -0.2) is 13.6 Å². The smallest absolute Gasteiger partial charge is 0.316 e. The van der Waals surface area contributed by atoms with Gasteiger partial charge in [-0.05, 0) is 36.4 Å². The summed E-state index contributed by atoms with van der Waals surface area (Å²) in [7, 11) is 0. The van der Waals surface area contributed by atoms with Crippen LogP contribution in [0.3, 0.4) is 0 Å². The molecule has 21 heavy (non-hydrogen) atoms. The van der Waals surface area contributed by atoms with Crippen LogP contribution in [0.1, 0.15) is 17.7 Å². The Balaban J connectivity index is 1.72. The summed E-state index contributed by atoms with van der Waals surface area (Å²) in [5.41, 5.74) is -0.00164. The van der Waals surface area contributed by atoms with Crippen LogP contribution in [-0.4, -0.2) is 17.0 Å². The predicted molar refractivity (Wildman–Crippen MR) is 78.3 cm³/mol. The van der Waals surface area contributed by atoms with Crippen molar-refractivity contribution in [3.05, 3.63) is 52.2 Å². The Labute approximate surface area is 125 Å². The summed E-state index contributed by atoms with van der Waals surface area (Å²) in [5.74, 6) is -1.43. The standard InChI is InChI=1S/C15H14F2N2OS/c16-10-3-6-14(13(17)8-10)18-15(20)19(11-4-5-11)9-12-2-1-7-21-12/h1-3,6-8,11H,4-5,9H2,(H,18,20). The van der Waals surface area contributed by atoms with Gasteiger partial charge in [0.15, 0.2) is 0 Å². The zero-order valence-electron chi connectivity index (χ0n) is 11.2. The van der Waals surface area contributed by atoms with Crippen molar-refractivity contribution >= 4 is 23.1 Å². The molecule has 0 aliphatic heterocycles. The highest BCUT2D eigenvalue weighted by Gasteiger charge is 2.33. The van der Waals surface area contributed by atoms with Crippen LogP contribution >= 0.6 is 11.3 Å². The first-order valence-corrected chi connectivity index (χ1v) is 7.56. The van der Waals surface area contributed by atoms with Gasteiger partial charge >= 0.3 is 6.03 Å². The number of thiophene rings is 1. The number of nitrogens with zero attached hydrogens (tertiary/aromatic N) is 1. The first kappa shape index (κ1) is 14.0. The van der Waals surface area contributed by atoms with E-state index >= 15 is 0 Å². The maximum atomic E-state index is 13.6. The number of urea groups is 1. The van der Waals surface area contributed by atoms with Crippen LogP contribution in [0.2, 0.25) is 0 Å². The molecule has 2 aromatic rings. The molecule has 0 unspecified atom stereocenters. The Kier molecular flexibility index (Phi) is 3.88. The van der Waals surface area contributed by atoms with Gasteiger partial charge in [-0.1, -0.05) is 6.07 Å². The lowest BCUT2D eigenvalue weighted by molar-refractivity contribution is 0.206. The highest BCUT2D eigenvalue weighted by molar-refractivity contribution is 7.09. The van der Waals surface area contributed by atoms with Gasteiger partial charge in [0.1, 0.15) is 11.6 Å². The second-order valence-corrected chi connectivity index (χ2v) is 6.03. The fraction of sp³-hybridized carbons (Fsp3) is 0.267. The van der Waals surface area contributed by atoms with E-state index in [0.29, 0.717) is 6.54 Å². The summed E-state index contributed by atoms with van der Waals surface area (Å²) in [6.07, 6.45) is 1.93. The average molecular weight is 308 g/mol. The molecule has 6 heteroatoms. The Hall–Kier alpha value is -1.95. The lowest BCUT2D eigenvalue weighted by Crippen LogP contribution is -2.36. The second kappa shape index (κ2) is 5.81. The largest absolute Gasteiger partial charge is 0.322 e. The molecule has 1 N–H and O–H groups in total. The number of nitrogens with one attached hydrogen (secondary N) is 1. The van der Waals surface area contributed by atoms with Crippen molar-refractivity contribution in [2.45, 2.75) is 25.4 Å². The molecule has 0 bridgehead atoms. The number of benzene rings is 1. The molecule has 1 aromatic heterocycles. The van der Waals surface area contributed by atoms with Crippen molar-refractivity contribution in [2.24, 2.45) is 0 Å². The van der Waals surface area contributed by atoms with Crippen molar-refractivity contribution in [1.82, 2.24) is 4.90 Å². The summed E-state index contributed by atoms with van der Waals surface area (Å²) < 4.78 is 26.5. The SMILES string of the molecule is O=C(Nc1ccc(F)cc1F)N(Cc1cccs1)C1CC1. The minimum atomic E-state index is -0.768. The molecule has 1 aliphatic carbocycles. The summed E-state index contributed by atoms with van der Waals surface area (Å²) in [6, 6.07) is 6.87. The van der Waals surface area contributed by atoms with Gasteiger partial charge in [0, 0.05) is 17.0 Å². The van der Waals surface area contributed by atoms with Gasteiger partial charge in [-0.3, -0.25) is 0 Å². The first-order valence-electron chi connectivity index (χ1n) is 6.68. The number of hydrogen-bond acceptors (Lipinski definition) is 2. The lowest BCUT2D eigenvalue weighted by Gasteiger charge is -2.22. The molecule has 0 spiro atoms. The zero-order valence-corrected chi connectivity index (χ0v) is 12.0. The number of hydrogen-bond donors (Lipinski definition) is 1. The summed E-state index contributed by atoms with van der Waals surface area (Å²) in [5, 5.41) is 4.48. The minimum absolute atomic E-state index is 0.00164. The predicted octanol–water partition coefficient (Wildman–Crippen LogP) is 4.22. The minimum Gasteiger partial charge on any atom is -0.316 e. The molecule has 1 aliphatic rings. The number of rotatable bonds is 4. The van der Waals surface area contributed by atoms with Gasteiger partial charge in [0.25, 0.3) is 0 Å². The molecular weight excluding hydrogens is 294 g/mol. The number of carbonyl (C=O) groups excluding carboxylic acids is 1. The van der Waals surface area contributed by atoms with E-state index in [9.17, 15) is 13.6 Å². The molecule has 3 rings (SSSR count). The third-order valence-corrected chi connectivity index (χ3v) is 4.19. The van der Waals surface area contributed by atoms with Gasteiger partial charge < -0.3 is 10.2 Å². The van der Waals surface area contributed by atoms with Crippen LogP contribution in [0.5, 0.6) is 0 Å². The van der Waals surface area contributed by atoms with Crippen LogP contribution in [0.4, 0.5) is 19.3 Å². The van der Waals surface area contributed by atoms with Crippen molar-refractivity contribution in [3.8, 4) is 0 Å². The fourth-order valence-electron chi connectivity index (χ4n) is 2.10. The molecule has 1 heterocycles. The van der Waals surface area contributed by atoms with E-state index in [2.05, 4.69) is 5.32 Å². The van der Waals surface area contributed by atoms with Crippen molar-refractivity contribution in [2.75, 3.05) is 5.32 Å². The highest BCUT2D eigenvalue weighted by Crippen LogP contribution is 2.30. The number of amides is 2. The van der Waals surface area contributed by atoms with Crippen molar-refractivity contribution in [3.63, 3.8) is 0 Å². The molecular formula is C15H14F2N2OS. The highest BCUT2D eigenvalue weighted by atomic mass is 32.1. The molecule has 1 fully saturated rings. The number of anilines is 1. The number of halogens is 2. The van der Waals surface area contributed by atoms with Crippen LogP contribution in [0, 0.1) is 11.6 Å². The van der Waals surface area contributed by atoms with E-state index in [1.54, 1.807) is 16.2 Å². The Morgan fingerprint density at radius 2 is 2.14 bits per heavy atom. The zero-order chi connectivity index (χ0) is 14.8. The van der Waals surface area contributed by atoms with E-state index in [0.717, 1.165) is 29.9 Å². The normalized spacial score (nSPS) is 14.0. The Bertz CT molecular complexity index is 641. The lowest BCUT2D eigenvalue weighted by atomic mass is 10.3. The van der Waals surface area contributed by atoms with Crippen molar-refractivity contribution < 1.29 is 13.6 Å². The number of carbonyl (C=O) groups is 1. The van der Waals surface area contributed by atoms with Crippen LogP contribution in [0.15, 0.2) is 35.7 Å². The third-order valence-electron chi connectivity index (χ3n) is 3.33. The molecule has 1 aromatic carbocycles. The molecule has 0 saturated heterocycles. The van der Waals surface area contributed by atoms with Gasteiger partial charge in [0.2, 0.25) is 0 Å². The summed E-state index contributed by atoms with van der Waals surface area (Å²) in [4.78, 5) is 15.1. The van der Waals surface area contributed by atoms with E-state index in [1.165, 1.54) is 6.07 Å².